The molecule has 0 saturated heterocycles. The molecule has 6 nitrogen and oxygen atoms in total. The standard InChI is InChI=1S/C26H12N4O2/c1-28-18-8-6-17(7-9-18)26-30-20-11-12-21-23-19(10-13-22(32-26)24(20)23)29-25(31-21)16-4-2-15(14-27)3-5-16/h2-13H. The van der Waals surface area contributed by atoms with Crippen LogP contribution in [0.4, 0.5) is 17.1 Å². The summed E-state index contributed by atoms with van der Waals surface area (Å²) < 4.78 is 12.2. The second-order valence-corrected chi connectivity index (χ2v) is 7.30. The lowest BCUT2D eigenvalue weighted by Gasteiger charge is -2.23. The molecule has 0 amide bonds. The molecule has 0 spiro atoms. The monoisotopic (exact) mass is 412 g/mol. The van der Waals surface area contributed by atoms with Crippen LogP contribution in [-0.4, -0.2) is 11.8 Å². The topological polar surface area (TPSA) is 71.3 Å². The van der Waals surface area contributed by atoms with Crippen molar-refractivity contribution in [2.24, 2.45) is 9.98 Å². The van der Waals surface area contributed by atoms with E-state index in [2.05, 4.69) is 10.9 Å². The van der Waals surface area contributed by atoms with Crippen molar-refractivity contribution in [3.63, 3.8) is 0 Å². The van der Waals surface area contributed by atoms with E-state index in [1.54, 1.807) is 24.3 Å². The molecular weight excluding hydrogens is 400 g/mol. The van der Waals surface area contributed by atoms with Gasteiger partial charge in [-0.3, -0.25) is 0 Å². The van der Waals surface area contributed by atoms with Gasteiger partial charge in [-0.05, 0) is 48.5 Å². The first kappa shape index (κ1) is 17.9. The molecule has 0 radical (unpaired) electrons. The van der Waals surface area contributed by atoms with Gasteiger partial charge < -0.3 is 9.47 Å². The van der Waals surface area contributed by atoms with Crippen molar-refractivity contribution in [3.05, 3.63) is 101 Å². The lowest BCUT2D eigenvalue weighted by molar-refractivity contribution is 0.547. The van der Waals surface area contributed by atoms with E-state index in [0.29, 0.717) is 34.5 Å². The van der Waals surface area contributed by atoms with Crippen LogP contribution in [0.3, 0.4) is 0 Å². The number of aliphatic imine (C=N–C) groups is 2. The molecule has 0 aromatic heterocycles. The van der Waals surface area contributed by atoms with E-state index in [-0.39, 0.29) is 0 Å². The first-order valence-corrected chi connectivity index (χ1v) is 9.85. The maximum atomic E-state index is 9.02. The first-order chi connectivity index (χ1) is 15.7. The number of nitriles is 1. The second kappa shape index (κ2) is 6.80. The van der Waals surface area contributed by atoms with Gasteiger partial charge in [-0.1, -0.05) is 24.3 Å². The van der Waals surface area contributed by atoms with Gasteiger partial charge in [0.1, 0.15) is 11.5 Å². The van der Waals surface area contributed by atoms with Crippen LogP contribution in [0.15, 0.2) is 82.8 Å². The summed E-state index contributed by atoms with van der Waals surface area (Å²) in [6.07, 6.45) is 0. The average molecular weight is 412 g/mol. The highest BCUT2D eigenvalue weighted by Crippen LogP contribution is 2.48. The van der Waals surface area contributed by atoms with Crippen LogP contribution in [0.25, 0.3) is 15.6 Å². The lowest BCUT2D eigenvalue weighted by Crippen LogP contribution is -2.15. The van der Waals surface area contributed by atoms with E-state index in [1.165, 1.54) is 0 Å². The Kier molecular flexibility index (Phi) is 3.80. The van der Waals surface area contributed by atoms with Gasteiger partial charge in [0.05, 0.1) is 40.4 Å². The van der Waals surface area contributed by atoms with Crippen LogP contribution in [0.5, 0.6) is 11.5 Å². The van der Waals surface area contributed by atoms with Gasteiger partial charge in [0.25, 0.3) is 0 Å². The van der Waals surface area contributed by atoms with Gasteiger partial charge in [-0.2, -0.15) is 5.26 Å². The quantitative estimate of drug-likeness (QED) is 0.368. The zero-order chi connectivity index (χ0) is 21.7. The smallest absolute Gasteiger partial charge is 0.227 e. The van der Waals surface area contributed by atoms with Crippen LogP contribution in [0.2, 0.25) is 0 Å². The summed E-state index contributed by atoms with van der Waals surface area (Å²) in [6, 6.07) is 24.0. The minimum atomic E-state index is 0.478. The Morgan fingerprint density at radius 1 is 0.688 bits per heavy atom. The number of benzene rings is 4. The third-order valence-electron chi connectivity index (χ3n) is 5.40. The second-order valence-electron chi connectivity index (χ2n) is 7.30. The molecule has 6 heteroatoms. The van der Waals surface area contributed by atoms with E-state index < -0.39 is 0 Å². The van der Waals surface area contributed by atoms with Crippen LogP contribution in [-0.2, 0) is 0 Å². The van der Waals surface area contributed by atoms with Crippen molar-refractivity contribution in [1.29, 1.82) is 5.26 Å². The predicted molar refractivity (Wildman–Crippen MR) is 121 cm³/mol. The van der Waals surface area contributed by atoms with Crippen molar-refractivity contribution in [1.82, 2.24) is 0 Å². The van der Waals surface area contributed by atoms with Gasteiger partial charge in [0, 0.05) is 11.1 Å². The van der Waals surface area contributed by atoms with Crippen LogP contribution in [0.1, 0.15) is 16.7 Å². The molecule has 4 aromatic rings. The maximum Gasteiger partial charge on any atom is 0.227 e. The normalized spacial score (nSPS) is 13.2. The molecule has 2 aliphatic rings. The van der Waals surface area contributed by atoms with Crippen molar-refractivity contribution in [2.45, 2.75) is 0 Å². The summed E-state index contributed by atoms with van der Waals surface area (Å²) in [5.74, 6) is 2.32. The largest absolute Gasteiger partial charge is 0.438 e. The summed E-state index contributed by atoms with van der Waals surface area (Å²) in [5, 5.41) is 10.7. The van der Waals surface area contributed by atoms with Gasteiger partial charge in [0.2, 0.25) is 11.8 Å². The number of ether oxygens (including phenoxy) is 2. The van der Waals surface area contributed by atoms with E-state index in [0.717, 1.165) is 33.3 Å². The Bertz CT molecular complexity index is 1450. The van der Waals surface area contributed by atoms with E-state index >= 15 is 0 Å². The molecule has 0 atom stereocenters. The first-order valence-electron chi connectivity index (χ1n) is 9.85. The molecule has 0 bridgehead atoms. The summed E-state index contributed by atoms with van der Waals surface area (Å²) in [7, 11) is 0. The molecule has 0 saturated carbocycles. The number of hydrogen-bond acceptors (Lipinski definition) is 5. The van der Waals surface area contributed by atoms with E-state index in [9.17, 15) is 0 Å². The minimum Gasteiger partial charge on any atom is -0.438 e. The van der Waals surface area contributed by atoms with Gasteiger partial charge in [-0.25, -0.2) is 14.8 Å². The molecule has 0 aliphatic carbocycles. The highest BCUT2D eigenvalue weighted by molar-refractivity contribution is 6.16. The van der Waals surface area contributed by atoms with E-state index in [1.807, 2.05) is 48.5 Å². The third-order valence-corrected chi connectivity index (χ3v) is 5.40. The van der Waals surface area contributed by atoms with Crippen molar-refractivity contribution in [2.75, 3.05) is 0 Å². The third kappa shape index (κ3) is 2.72. The van der Waals surface area contributed by atoms with Crippen LogP contribution >= 0.6 is 0 Å². The fraction of sp³-hybridized carbons (Fsp3) is 0. The van der Waals surface area contributed by atoms with Crippen molar-refractivity contribution in [3.8, 4) is 17.6 Å². The van der Waals surface area contributed by atoms with Gasteiger partial charge in [-0.15, -0.1) is 0 Å². The fourth-order valence-corrected chi connectivity index (χ4v) is 3.84. The number of nitrogens with zero attached hydrogens (tertiary/aromatic N) is 4. The molecule has 0 N–H and O–H groups in total. The van der Waals surface area contributed by atoms with Crippen LogP contribution < -0.4 is 9.47 Å². The number of rotatable bonds is 2. The Morgan fingerprint density at radius 3 is 1.66 bits per heavy atom. The Balaban J connectivity index is 1.46. The highest BCUT2D eigenvalue weighted by atomic mass is 16.5. The maximum absolute atomic E-state index is 9.02. The van der Waals surface area contributed by atoms with E-state index in [4.69, 9.17) is 31.3 Å². The number of hydrogen-bond donors (Lipinski definition) is 0. The zero-order valence-corrected chi connectivity index (χ0v) is 16.5. The molecule has 2 heterocycles. The van der Waals surface area contributed by atoms with Gasteiger partial charge >= 0.3 is 0 Å². The van der Waals surface area contributed by atoms with Crippen LogP contribution in [0, 0.1) is 17.9 Å². The molecule has 4 aromatic carbocycles. The summed E-state index contributed by atoms with van der Waals surface area (Å²) in [4.78, 5) is 12.8. The Labute approximate surface area is 183 Å². The molecule has 0 unspecified atom stereocenters. The molecule has 6 rings (SSSR count). The van der Waals surface area contributed by atoms with Crippen molar-refractivity contribution < 1.29 is 9.47 Å². The molecule has 0 fully saturated rings. The fourth-order valence-electron chi connectivity index (χ4n) is 3.84. The lowest BCUT2D eigenvalue weighted by atomic mass is 10.0. The SMILES string of the molecule is [C-]#[N+]c1ccc(C2=Nc3ccc4c5c(ccc(c35)O2)N=C(c2ccc(C#N)cc2)O4)cc1. The molecular formula is C26H12N4O2. The summed E-state index contributed by atoms with van der Waals surface area (Å²) >= 11 is 0. The van der Waals surface area contributed by atoms with Gasteiger partial charge in [0.15, 0.2) is 5.69 Å². The Hall–Kier alpha value is -4.94. The van der Waals surface area contributed by atoms with Crippen molar-refractivity contribution >= 4 is 39.6 Å². The molecule has 2 aliphatic heterocycles. The molecule has 32 heavy (non-hydrogen) atoms. The zero-order valence-electron chi connectivity index (χ0n) is 16.5. The molecule has 148 valence electrons. The Morgan fingerprint density at radius 2 is 1.19 bits per heavy atom. The minimum absolute atomic E-state index is 0.478. The highest BCUT2D eigenvalue weighted by Gasteiger charge is 2.25. The average Bonchev–Trinajstić information content (AvgIpc) is 2.87. The summed E-state index contributed by atoms with van der Waals surface area (Å²) in [5.41, 5.74) is 4.29. The predicted octanol–water partition coefficient (Wildman–Crippen LogP) is 6.20. The summed E-state index contributed by atoms with van der Waals surface area (Å²) in [6.45, 7) is 7.11.